The van der Waals surface area contributed by atoms with E-state index in [1.807, 2.05) is 0 Å². The normalized spacial score (nSPS) is 19.5. The summed E-state index contributed by atoms with van der Waals surface area (Å²) in [6.45, 7) is 4.85. The third-order valence-corrected chi connectivity index (χ3v) is 7.43. The number of rotatable bonds is 7. The van der Waals surface area contributed by atoms with Crippen LogP contribution in [0.5, 0.6) is 0 Å². The Labute approximate surface area is 192 Å². The molecule has 0 spiro atoms. The number of amides is 2. The maximum atomic E-state index is 12.7. The van der Waals surface area contributed by atoms with Crippen LogP contribution in [-0.4, -0.2) is 67.8 Å². The number of ether oxygens (including phenoxy) is 1. The number of carbonyl (C=O) groups is 3. The molecule has 3 atom stereocenters. The molecule has 0 aliphatic carbocycles. The average Bonchev–Trinajstić information content (AvgIpc) is 3.03. The predicted molar refractivity (Wildman–Crippen MR) is 118 cm³/mol. The highest BCUT2D eigenvalue weighted by Gasteiger charge is 2.36. The topological polar surface area (TPSA) is 110 Å². The Morgan fingerprint density at radius 1 is 1.19 bits per heavy atom. The van der Waals surface area contributed by atoms with Gasteiger partial charge in [-0.05, 0) is 37.5 Å². The molecule has 1 aliphatic rings. The van der Waals surface area contributed by atoms with Crippen molar-refractivity contribution in [2.45, 2.75) is 45.4 Å². The van der Waals surface area contributed by atoms with Crippen LogP contribution in [0.3, 0.4) is 0 Å². The molecule has 11 heteroatoms. The number of likely N-dealkylation sites (N-methyl/N-ethyl adjacent to an activating group) is 1. The standard InChI is InChI=1S/C20H26Cl2N2O6S/c1-11(2)17(23-18(25)15-6-5-13(21)9-16(15)22)20(27)30-12(3)19(26)24(4)14-7-8-31(28,29)10-14/h5-6,9,11-12,14,17H,7-8,10H2,1-4H3,(H,23,25)/t12-,14-,17+/m0/s1. The fraction of sp³-hybridized carbons (Fsp3) is 0.550. The molecule has 1 heterocycles. The Bertz CT molecular complexity index is 966. The van der Waals surface area contributed by atoms with Crippen LogP contribution in [0, 0.1) is 5.92 Å². The molecule has 0 saturated carbocycles. The van der Waals surface area contributed by atoms with E-state index in [2.05, 4.69) is 5.32 Å². The van der Waals surface area contributed by atoms with E-state index in [0.29, 0.717) is 11.4 Å². The number of nitrogens with zero attached hydrogens (tertiary/aromatic N) is 1. The van der Waals surface area contributed by atoms with Crippen LogP contribution >= 0.6 is 23.2 Å². The maximum Gasteiger partial charge on any atom is 0.329 e. The minimum atomic E-state index is -3.16. The number of sulfone groups is 1. The summed E-state index contributed by atoms with van der Waals surface area (Å²) in [4.78, 5) is 39.2. The van der Waals surface area contributed by atoms with Crippen LogP contribution in [0.1, 0.15) is 37.6 Å². The number of hydrogen-bond donors (Lipinski definition) is 1. The van der Waals surface area contributed by atoms with Crippen molar-refractivity contribution in [1.29, 1.82) is 0 Å². The van der Waals surface area contributed by atoms with Gasteiger partial charge < -0.3 is 15.0 Å². The summed E-state index contributed by atoms with van der Waals surface area (Å²) in [7, 11) is -1.67. The molecule has 31 heavy (non-hydrogen) atoms. The highest BCUT2D eigenvalue weighted by molar-refractivity contribution is 7.91. The van der Waals surface area contributed by atoms with Gasteiger partial charge in [-0.15, -0.1) is 0 Å². The Morgan fingerprint density at radius 2 is 1.84 bits per heavy atom. The van der Waals surface area contributed by atoms with Crippen molar-refractivity contribution in [3.05, 3.63) is 33.8 Å². The first-order chi connectivity index (χ1) is 14.3. The van der Waals surface area contributed by atoms with E-state index in [1.165, 1.54) is 37.1 Å². The molecular formula is C20H26Cl2N2O6S. The average molecular weight is 493 g/mol. The lowest BCUT2D eigenvalue weighted by Crippen LogP contribution is -2.49. The molecule has 0 unspecified atom stereocenters. The molecule has 1 fully saturated rings. The first-order valence-electron chi connectivity index (χ1n) is 9.76. The number of carbonyl (C=O) groups excluding carboxylic acids is 3. The van der Waals surface area contributed by atoms with Crippen LogP contribution in [0.2, 0.25) is 10.0 Å². The Balaban J connectivity index is 2.04. The molecule has 1 aromatic carbocycles. The minimum absolute atomic E-state index is 0.0260. The van der Waals surface area contributed by atoms with Gasteiger partial charge in [0.05, 0.1) is 22.1 Å². The summed E-state index contributed by atoms with van der Waals surface area (Å²) in [6.07, 6.45) is -0.796. The van der Waals surface area contributed by atoms with Gasteiger partial charge in [-0.25, -0.2) is 13.2 Å². The fourth-order valence-electron chi connectivity index (χ4n) is 3.24. The summed E-state index contributed by atoms with van der Waals surface area (Å²) in [5.41, 5.74) is 0.149. The summed E-state index contributed by atoms with van der Waals surface area (Å²) >= 11 is 11.9. The minimum Gasteiger partial charge on any atom is -0.451 e. The predicted octanol–water partition coefficient (Wildman–Crippen LogP) is 2.33. The molecule has 1 aromatic rings. The molecule has 1 saturated heterocycles. The van der Waals surface area contributed by atoms with Gasteiger partial charge in [0.2, 0.25) is 0 Å². The van der Waals surface area contributed by atoms with Crippen molar-refractivity contribution in [3.63, 3.8) is 0 Å². The highest BCUT2D eigenvalue weighted by atomic mass is 35.5. The molecule has 0 radical (unpaired) electrons. The van der Waals surface area contributed by atoms with E-state index in [0.717, 1.165) is 0 Å². The van der Waals surface area contributed by atoms with Crippen molar-refractivity contribution in [2.75, 3.05) is 18.6 Å². The molecule has 2 rings (SSSR count). The summed E-state index contributed by atoms with van der Waals surface area (Å²) < 4.78 is 28.6. The quantitative estimate of drug-likeness (QED) is 0.584. The van der Waals surface area contributed by atoms with E-state index < -0.39 is 45.8 Å². The lowest BCUT2D eigenvalue weighted by atomic mass is 10.0. The molecule has 0 bridgehead atoms. The van der Waals surface area contributed by atoms with Crippen molar-refractivity contribution in [2.24, 2.45) is 5.92 Å². The molecule has 0 aromatic heterocycles. The Hall–Kier alpha value is -1.84. The molecule has 1 N–H and O–H groups in total. The van der Waals surface area contributed by atoms with Gasteiger partial charge >= 0.3 is 5.97 Å². The van der Waals surface area contributed by atoms with Crippen molar-refractivity contribution < 1.29 is 27.5 Å². The van der Waals surface area contributed by atoms with Crippen molar-refractivity contribution in [1.82, 2.24) is 10.2 Å². The van der Waals surface area contributed by atoms with Crippen LogP contribution in [-0.2, 0) is 24.2 Å². The maximum absolute atomic E-state index is 12.7. The van der Waals surface area contributed by atoms with E-state index in [9.17, 15) is 22.8 Å². The summed E-state index contributed by atoms with van der Waals surface area (Å²) in [5.74, 6) is -2.28. The monoisotopic (exact) mass is 492 g/mol. The number of halogens is 2. The number of benzene rings is 1. The van der Waals surface area contributed by atoms with Crippen LogP contribution in [0.15, 0.2) is 18.2 Å². The van der Waals surface area contributed by atoms with E-state index >= 15 is 0 Å². The second-order valence-corrected chi connectivity index (χ2v) is 11.0. The lowest BCUT2D eigenvalue weighted by molar-refractivity contribution is -0.161. The third kappa shape index (κ3) is 6.57. The van der Waals surface area contributed by atoms with E-state index in [-0.39, 0.29) is 28.0 Å². The first kappa shape index (κ1) is 25.4. The van der Waals surface area contributed by atoms with Gasteiger partial charge in [0, 0.05) is 18.1 Å². The smallest absolute Gasteiger partial charge is 0.329 e. The van der Waals surface area contributed by atoms with Crippen LogP contribution in [0.4, 0.5) is 0 Å². The third-order valence-electron chi connectivity index (χ3n) is 5.13. The van der Waals surface area contributed by atoms with Gasteiger partial charge in [-0.2, -0.15) is 0 Å². The molecular weight excluding hydrogens is 467 g/mol. The second-order valence-electron chi connectivity index (χ2n) is 7.90. The Kier molecular flexibility index (Phi) is 8.35. The zero-order valence-electron chi connectivity index (χ0n) is 17.7. The van der Waals surface area contributed by atoms with Crippen LogP contribution in [0.25, 0.3) is 0 Å². The lowest BCUT2D eigenvalue weighted by Gasteiger charge is -2.28. The summed E-state index contributed by atoms with van der Waals surface area (Å²) in [6, 6.07) is 2.89. The summed E-state index contributed by atoms with van der Waals surface area (Å²) in [5, 5.41) is 3.09. The molecule has 1 aliphatic heterocycles. The van der Waals surface area contributed by atoms with Gasteiger partial charge in [0.15, 0.2) is 15.9 Å². The fourth-order valence-corrected chi connectivity index (χ4v) is 5.50. The SMILES string of the molecule is CC(C)[C@@H](NC(=O)c1ccc(Cl)cc1Cl)C(=O)O[C@@H](C)C(=O)N(C)[C@H]1CCS(=O)(=O)C1. The zero-order chi connectivity index (χ0) is 23.5. The Morgan fingerprint density at radius 3 is 2.35 bits per heavy atom. The second kappa shape index (κ2) is 10.2. The molecule has 2 amide bonds. The van der Waals surface area contributed by atoms with Gasteiger partial charge in [-0.1, -0.05) is 37.0 Å². The number of esters is 1. The van der Waals surface area contributed by atoms with Gasteiger partial charge in [-0.3, -0.25) is 9.59 Å². The number of hydrogen-bond acceptors (Lipinski definition) is 6. The van der Waals surface area contributed by atoms with Gasteiger partial charge in [0.25, 0.3) is 11.8 Å². The van der Waals surface area contributed by atoms with Crippen molar-refractivity contribution >= 4 is 50.8 Å². The first-order valence-corrected chi connectivity index (χ1v) is 12.3. The van der Waals surface area contributed by atoms with Crippen molar-refractivity contribution in [3.8, 4) is 0 Å². The highest BCUT2D eigenvalue weighted by Crippen LogP contribution is 2.22. The van der Waals surface area contributed by atoms with E-state index in [1.54, 1.807) is 13.8 Å². The molecule has 172 valence electrons. The molecule has 8 nitrogen and oxygen atoms in total. The largest absolute Gasteiger partial charge is 0.451 e. The zero-order valence-corrected chi connectivity index (χ0v) is 20.1. The van der Waals surface area contributed by atoms with E-state index in [4.69, 9.17) is 27.9 Å². The number of nitrogens with one attached hydrogen (secondary N) is 1. The van der Waals surface area contributed by atoms with Gasteiger partial charge in [0.1, 0.15) is 6.04 Å². The van der Waals surface area contributed by atoms with Crippen LogP contribution < -0.4 is 5.32 Å².